The molecule has 0 radical (unpaired) electrons. The van der Waals surface area contributed by atoms with Crippen LogP contribution in [0.5, 0.6) is 23.0 Å². The average molecular weight is 1040 g/mol. The molecule has 0 fully saturated rings. The molecule has 0 unspecified atom stereocenters. The van der Waals surface area contributed by atoms with E-state index in [-0.39, 0.29) is 79.8 Å². The molecule has 7 aromatic rings. The molecule has 72 heavy (non-hydrogen) atoms. The van der Waals surface area contributed by atoms with E-state index in [2.05, 4.69) is 14.5 Å². The van der Waals surface area contributed by atoms with Gasteiger partial charge in [0.1, 0.15) is 34.2 Å². The van der Waals surface area contributed by atoms with Gasteiger partial charge in [-0.2, -0.15) is 0 Å². The lowest BCUT2D eigenvalue weighted by Gasteiger charge is -2.14. The number of allylic oxidation sites excluding steroid dienone is 4. The Labute approximate surface area is 418 Å². The lowest BCUT2D eigenvalue weighted by atomic mass is 9.88. The van der Waals surface area contributed by atoms with E-state index in [9.17, 15) is 36.9 Å². The molecule has 3 heterocycles. The minimum Gasteiger partial charge on any atom is -0.453 e. The first-order chi connectivity index (χ1) is 34.2. The maximum atomic E-state index is 14.8. The quantitative estimate of drug-likeness (QED) is 0.0425. The summed E-state index contributed by atoms with van der Waals surface area (Å²) in [6.07, 6.45) is 8.31. The Bertz CT molecular complexity index is 3420. The number of carbonyl (C=O) groups is 3. The van der Waals surface area contributed by atoms with Gasteiger partial charge in [-0.1, -0.05) is 89.4 Å². The summed E-state index contributed by atoms with van der Waals surface area (Å²) in [6, 6.07) is 23.2. The van der Waals surface area contributed by atoms with Crippen molar-refractivity contribution < 1.29 is 55.9 Å². The van der Waals surface area contributed by atoms with Crippen LogP contribution >= 0.6 is 31.0 Å². The van der Waals surface area contributed by atoms with Crippen molar-refractivity contribution in [3.63, 3.8) is 0 Å². The second kappa shape index (κ2) is 22.6. The summed E-state index contributed by atoms with van der Waals surface area (Å²) < 4.78 is 70.5. The Morgan fingerprint density at radius 2 is 1.24 bits per heavy atom. The molecule has 0 saturated heterocycles. The van der Waals surface area contributed by atoms with Crippen molar-refractivity contribution in [1.29, 1.82) is 0 Å². The number of benzene rings is 4. The van der Waals surface area contributed by atoms with Crippen LogP contribution in [0.2, 0.25) is 10.0 Å². The van der Waals surface area contributed by atoms with Crippen molar-refractivity contribution in [1.82, 2.24) is 14.5 Å². The molecule has 1 aliphatic rings. The van der Waals surface area contributed by atoms with Crippen LogP contribution in [0.25, 0.3) is 16.7 Å². The summed E-state index contributed by atoms with van der Waals surface area (Å²) >= 11 is 12.1. The summed E-state index contributed by atoms with van der Waals surface area (Å²) in [5, 5.41) is 0.0764. The van der Waals surface area contributed by atoms with Gasteiger partial charge in [0, 0.05) is 60.9 Å². The first-order valence-corrected chi connectivity index (χ1v) is 23.5. The molecule has 15 nitrogen and oxygen atoms in total. The van der Waals surface area contributed by atoms with Crippen LogP contribution < -0.4 is 26.4 Å². The number of phosphoric ester groups is 1. The molecular weight excluding hydrogens is 1000 g/mol. The Morgan fingerprint density at radius 1 is 0.708 bits per heavy atom. The Kier molecular flexibility index (Phi) is 16.4. The highest BCUT2D eigenvalue weighted by Crippen LogP contribution is 2.37. The Hall–Kier alpha value is -7.70. The van der Waals surface area contributed by atoms with Gasteiger partial charge in [0.05, 0.1) is 11.1 Å². The predicted molar refractivity (Wildman–Crippen MR) is 263 cm³/mol. The highest BCUT2D eigenvalue weighted by atomic mass is 35.5. The summed E-state index contributed by atoms with van der Waals surface area (Å²) in [4.78, 5) is 77.9. The molecule has 4 aromatic carbocycles. The number of hydrogen-bond acceptors (Lipinski definition) is 12. The van der Waals surface area contributed by atoms with E-state index in [0.717, 1.165) is 23.9 Å². The maximum Gasteiger partial charge on any atom is 0.471 e. The van der Waals surface area contributed by atoms with Crippen molar-refractivity contribution in [2.75, 3.05) is 11.5 Å². The van der Waals surface area contributed by atoms with Crippen molar-refractivity contribution in [3.05, 3.63) is 205 Å². The van der Waals surface area contributed by atoms with E-state index in [0.29, 0.717) is 28.7 Å². The monoisotopic (exact) mass is 1040 g/mol. The third-order valence-electron chi connectivity index (χ3n) is 10.6. The van der Waals surface area contributed by atoms with Crippen LogP contribution in [0.1, 0.15) is 39.0 Å². The zero-order valence-corrected chi connectivity index (χ0v) is 39.9. The summed E-state index contributed by atoms with van der Waals surface area (Å²) in [6.45, 7) is 1.25. The molecular formula is C51H39Cl2F3N5O10P. The second-order valence-corrected chi connectivity index (χ2v) is 17.8. The largest absolute Gasteiger partial charge is 0.471 e. The van der Waals surface area contributed by atoms with Gasteiger partial charge < -0.3 is 35.3 Å². The molecule has 368 valence electrons. The van der Waals surface area contributed by atoms with Gasteiger partial charge in [0.2, 0.25) is 0 Å². The van der Waals surface area contributed by atoms with Crippen LogP contribution in [0.4, 0.5) is 24.8 Å². The fourth-order valence-electron chi connectivity index (χ4n) is 7.04. The van der Waals surface area contributed by atoms with Crippen LogP contribution in [0.3, 0.4) is 0 Å². The number of anilines is 2. The molecule has 0 saturated carbocycles. The number of aryl methyl sites for hydroxylation is 1. The van der Waals surface area contributed by atoms with Crippen LogP contribution in [-0.4, -0.2) is 41.7 Å². The van der Waals surface area contributed by atoms with E-state index in [1.54, 1.807) is 36.4 Å². The highest BCUT2D eigenvalue weighted by Gasteiger charge is 2.26. The normalized spacial score (nSPS) is 12.3. The highest BCUT2D eigenvalue weighted by molar-refractivity contribution is 7.46. The fraction of sp³-hybridized carbons (Fsp3) is 0.0980. The van der Waals surface area contributed by atoms with E-state index in [4.69, 9.17) is 53.9 Å². The van der Waals surface area contributed by atoms with E-state index in [1.165, 1.54) is 83.8 Å². The zero-order valence-electron chi connectivity index (χ0n) is 37.5. The van der Waals surface area contributed by atoms with Gasteiger partial charge in [-0.25, -0.2) is 27.7 Å². The number of nitrogen functional groups attached to an aromatic ring is 2. The molecule has 0 atom stereocenters. The number of ether oxygens (including phenoxy) is 2. The summed E-state index contributed by atoms with van der Waals surface area (Å²) in [5.41, 5.74) is 13.5. The topological polar surface area (TPSA) is 236 Å². The Morgan fingerprint density at radius 3 is 1.76 bits per heavy atom. The van der Waals surface area contributed by atoms with Gasteiger partial charge in [0.15, 0.2) is 57.4 Å². The third-order valence-corrected chi connectivity index (χ3v) is 11.8. The van der Waals surface area contributed by atoms with Gasteiger partial charge in [0.25, 0.3) is 0 Å². The van der Waals surface area contributed by atoms with Crippen molar-refractivity contribution in [3.8, 4) is 34.1 Å². The van der Waals surface area contributed by atoms with Crippen molar-refractivity contribution in [2.45, 2.75) is 32.9 Å². The van der Waals surface area contributed by atoms with E-state index >= 15 is 0 Å². The lowest BCUT2D eigenvalue weighted by Crippen LogP contribution is -2.21. The molecule has 6 N–H and O–H groups in total. The minimum atomic E-state index is -4.83. The molecule has 1 aliphatic carbocycles. The lowest BCUT2D eigenvalue weighted by molar-refractivity contribution is -0.118. The number of hydrogen-bond donors (Lipinski definition) is 4. The number of rotatable bonds is 15. The zero-order chi connectivity index (χ0) is 51.9. The molecule has 3 aromatic heterocycles. The summed E-state index contributed by atoms with van der Waals surface area (Å²) in [5.74, 6) is -3.40. The number of phosphoric acid groups is 1. The average Bonchev–Trinajstić information content (AvgIpc) is 3.34. The maximum absolute atomic E-state index is 14.8. The number of ketones is 3. The molecule has 0 aliphatic heterocycles. The van der Waals surface area contributed by atoms with Crippen LogP contribution in [0.15, 0.2) is 144 Å². The second-order valence-electron chi connectivity index (χ2n) is 15.8. The number of pyridine rings is 3. The summed E-state index contributed by atoms with van der Waals surface area (Å²) in [7, 11) is -4.83. The van der Waals surface area contributed by atoms with Crippen molar-refractivity contribution >= 4 is 65.6 Å². The van der Waals surface area contributed by atoms with Crippen molar-refractivity contribution in [2.24, 2.45) is 0 Å². The van der Waals surface area contributed by atoms with Gasteiger partial charge in [-0.15, -0.1) is 0 Å². The first kappa shape index (κ1) is 52.1. The minimum absolute atomic E-state index is 0.0153. The number of aromatic nitrogens is 3. The first-order valence-electron chi connectivity index (χ1n) is 21.3. The van der Waals surface area contributed by atoms with Gasteiger partial charge in [-0.05, 0) is 72.0 Å². The number of nitrogens with two attached hydrogens (primary N) is 2. The molecule has 0 amide bonds. The SMILES string of the molecule is Cc1ccc(-c2cn(COP(=O)(O)O)cc(C(=O)Cc3ccc(Oc4ccnc(N)c4Cl)c(F)c3)c2=O)cc1.Nc1nccc(Oc2ccc(CC(=O)C3=CCC=C(c4ccc(F)cc4)C3=O)cc2F)c1Cl. The van der Waals surface area contributed by atoms with Crippen LogP contribution in [-0.2, 0) is 38.3 Å². The number of carbonyl (C=O) groups excluding carboxylic acids is 3. The number of halogens is 5. The smallest absolute Gasteiger partial charge is 0.453 e. The van der Waals surface area contributed by atoms with Crippen LogP contribution in [0, 0.1) is 24.4 Å². The molecule has 0 bridgehead atoms. The third kappa shape index (κ3) is 13.0. The molecule has 21 heteroatoms. The van der Waals surface area contributed by atoms with E-state index < -0.39 is 54.8 Å². The fourth-order valence-corrected chi connectivity index (χ4v) is 7.63. The molecule has 0 spiro atoms. The number of Topliss-reactive ketones (excluding diaryl/α,β-unsaturated/α-hetero) is 3. The molecule has 8 rings (SSSR count). The standard InChI is InChI=1S/C26H22ClFN3O7P.C25H17ClF2N2O3/c1-15-2-5-17(6-3-15)18-12-31(14-37-39(34,35)36)13-19(25(18)33)21(32)11-16-4-7-22(20(28)10-16)38-23-8-9-30-26(29)24(23)27;26-23-22(10-11-30-25(23)29)33-21-9-4-14(12-19(21)28)13-20(31)18-3-1-2-17(24(18)32)15-5-7-16(27)8-6-15/h2-10,12-13H,11,14H2,1H3,(H2,29,30)(H2,34,35,36);2-12H,1,13H2,(H2,29,30). The van der Waals surface area contributed by atoms with Gasteiger partial charge in [-0.3, -0.25) is 23.7 Å². The number of nitrogens with zero attached hydrogens (tertiary/aromatic N) is 3. The van der Waals surface area contributed by atoms with E-state index in [1.807, 2.05) is 6.92 Å². The predicted octanol–water partition coefficient (Wildman–Crippen LogP) is 10.4. The van der Waals surface area contributed by atoms with Gasteiger partial charge >= 0.3 is 7.82 Å². The Balaban J connectivity index is 0.000000214.